The van der Waals surface area contributed by atoms with Crippen LogP contribution >= 0.6 is 0 Å². The fourth-order valence-corrected chi connectivity index (χ4v) is 2.63. The predicted octanol–water partition coefficient (Wildman–Crippen LogP) is 1.47. The molecule has 39 heavy (non-hydrogen) atoms. The average Bonchev–Trinajstić information content (AvgIpc) is 2.94. The van der Waals surface area contributed by atoms with E-state index >= 15 is 0 Å². The highest BCUT2D eigenvalue weighted by Crippen LogP contribution is 1.91. The number of ether oxygens (including phenoxy) is 11. The van der Waals surface area contributed by atoms with Crippen LogP contribution in [-0.4, -0.2) is 151 Å². The molecule has 0 aromatic heterocycles. The molecule has 0 N–H and O–H groups in total. The van der Waals surface area contributed by atoms with Crippen molar-refractivity contribution in [2.45, 2.75) is 19.8 Å². The van der Waals surface area contributed by atoms with Gasteiger partial charge in [-0.1, -0.05) is 6.92 Å². The molecule has 0 radical (unpaired) electrons. The normalized spacial score (nSPS) is 11.3. The van der Waals surface area contributed by atoms with Gasteiger partial charge in [0.1, 0.15) is 13.3 Å². The van der Waals surface area contributed by atoms with Crippen molar-refractivity contribution in [3.05, 3.63) is 0 Å². The Hall–Kier alpha value is -1.00. The van der Waals surface area contributed by atoms with Crippen LogP contribution in [0.1, 0.15) is 19.8 Å². The van der Waals surface area contributed by atoms with E-state index in [9.17, 15) is 9.18 Å². The van der Waals surface area contributed by atoms with E-state index < -0.39 is 6.67 Å². The van der Waals surface area contributed by atoms with Gasteiger partial charge in [-0.3, -0.25) is 4.79 Å². The van der Waals surface area contributed by atoms with Gasteiger partial charge in [0.15, 0.2) is 0 Å². The van der Waals surface area contributed by atoms with Crippen LogP contribution in [-0.2, 0) is 56.9 Å². The maximum absolute atomic E-state index is 11.8. The summed E-state index contributed by atoms with van der Waals surface area (Å²) >= 11 is 0. The van der Waals surface area contributed by atoms with E-state index in [0.29, 0.717) is 132 Å². The lowest BCUT2D eigenvalue weighted by atomic mass is 10.3. The first-order valence-corrected chi connectivity index (χ1v) is 13.8. The van der Waals surface area contributed by atoms with Crippen LogP contribution in [0.15, 0.2) is 0 Å². The number of hydrogen-bond acceptors (Lipinski definition) is 12. The fraction of sp³-hybridized carbons (Fsp3) is 0.962. The highest BCUT2D eigenvalue weighted by molar-refractivity contribution is 5.69. The number of esters is 1. The molecular formula is C26H51FO12. The summed E-state index contributed by atoms with van der Waals surface area (Å²) in [5, 5.41) is 0. The summed E-state index contributed by atoms with van der Waals surface area (Å²) in [4.78, 5) is 11.2. The van der Waals surface area contributed by atoms with Crippen molar-refractivity contribution in [1.82, 2.24) is 0 Å². The summed E-state index contributed by atoms with van der Waals surface area (Å²) in [5.74, 6) is -0.191. The summed E-state index contributed by atoms with van der Waals surface area (Å²) in [7, 11) is 0. The minimum absolute atomic E-state index is 0.112. The molecule has 0 unspecified atom stereocenters. The summed E-state index contributed by atoms with van der Waals surface area (Å²) in [6.07, 6.45) is 1.22. The molecule has 0 fully saturated rings. The third kappa shape index (κ3) is 35.0. The largest absolute Gasteiger partial charge is 0.463 e. The Kier molecular flexibility index (Phi) is 34.1. The minimum atomic E-state index is -0.476. The van der Waals surface area contributed by atoms with Crippen molar-refractivity contribution in [3.63, 3.8) is 0 Å². The van der Waals surface area contributed by atoms with E-state index in [1.54, 1.807) is 0 Å². The molecule has 0 rings (SSSR count). The Morgan fingerprint density at radius 2 is 0.641 bits per heavy atom. The summed E-state index contributed by atoms with van der Waals surface area (Å²) < 4.78 is 70.2. The lowest BCUT2D eigenvalue weighted by Gasteiger charge is -2.09. The van der Waals surface area contributed by atoms with Crippen LogP contribution in [0, 0.1) is 0 Å². The summed E-state index contributed by atoms with van der Waals surface area (Å²) in [6, 6.07) is 0. The van der Waals surface area contributed by atoms with Gasteiger partial charge in [0.2, 0.25) is 0 Å². The van der Waals surface area contributed by atoms with Gasteiger partial charge in [-0.25, -0.2) is 4.39 Å². The molecular weight excluding hydrogens is 523 g/mol. The van der Waals surface area contributed by atoms with Crippen LogP contribution in [0.4, 0.5) is 4.39 Å². The molecule has 0 aromatic rings. The lowest BCUT2D eigenvalue weighted by Crippen LogP contribution is -2.15. The zero-order valence-electron chi connectivity index (χ0n) is 23.7. The average molecular weight is 575 g/mol. The number of hydrogen-bond donors (Lipinski definition) is 0. The van der Waals surface area contributed by atoms with Crippen molar-refractivity contribution >= 4 is 5.97 Å². The Labute approximate surface area is 232 Å². The second-order valence-electron chi connectivity index (χ2n) is 7.78. The molecule has 13 heteroatoms. The van der Waals surface area contributed by atoms with Gasteiger partial charge in [-0.15, -0.1) is 0 Å². The first kappa shape index (κ1) is 38.0. The Morgan fingerprint density at radius 1 is 0.410 bits per heavy atom. The number of carbonyl (C=O) groups excluding carboxylic acids is 1. The van der Waals surface area contributed by atoms with Crippen molar-refractivity contribution in [2.24, 2.45) is 0 Å². The third-order valence-electron chi connectivity index (χ3n) is 4.51. The SMILES string of the molecule is CCCC(=O)OCCOCCOCCOCCOCCOCCOCCOCCOCCOCCOCCF. The number of alkyl halides is 1. The molecule has 0 spiro atoms. The van der Waals surface area contributed by atoms with Gasteiger partial charge in [-0.2, -0.15) is 0 Å². The van der Waals surface area contributed by atoms with E-state index in [1.165, 1.54) is 0 Å². The summed E-state index contributed by atoms with van der Waals surface area (Å²) in [6.45, 7) is 10.8. The van der Waals surface area contributed by atoms with Gasteiger partial charge >= 0.3 is 5.97 Å². The Balaban J connectivity index is 3.04. The number of halogens is 1. The van der Waals surface area contributed by atoms with Crippen LogP contribution in [0.3, 0.4) is 0 Å². The quantitative estimate of drug-likeness (QED) is 0.0818. The Morgan fingerprint density at radius 3 is 0.872 bits per heavy atom. The smallest absolute Gasteiger partial charge is 0.305 e. The van der Waals surface area contributed by atoms with Crippen molar-refractivity contribution < 1.29 is 61.3 Å². The molecule has 0 bridgehead atoms. The lowest BCUT2D eigenvalue weighted by molar-refractivity contribution is -0.145. The molecule has 0 aliphatic carbocycles. The maximum atomic E-state index is 11.8. The van der Waals surface area contributed by atoms with Gasteiger partial charge < -0.3 is 52.1 Å². The molecule has 0 saturated heterocycles. The van der Waals surface area contributed by atoms with Gasteiger partial charge in [0, 0.05) is 6.42 Å². The molecule has 0 aromatic carbocycles. The van der Waals surface area contributed by atoms with E-state index in [4.69, 9.17) is 52.1 Å². The Bertz CT molecular complexity index is 476. The first-order valence-electron chi connectivity index (χ1n) is 13.8. The summed E-state index contributed by atoms with van der Waals surface area (Å²) in [5.41, 5.74) is 0. The first-order chi connectivity index (χ1) is 19.3. The molecule has 0 saturated carbocycles. The standard InChI is InChI=1S/C26H51FO12/c1-2-3-26(28)39-25-24-38-23-22-37-21-20-36-19-18-35-17-16-34-15-14-33-13-12-32-11-10-31-9-8-30-7-6-29-5-4-27/h2-25H2,1H3. The highest BCUT2D eigenvalue weighted by Gasteiger charge is 2.00. The zero-order valence-corrected chi connectivity index (χ0v) is 23.7. The molecule has 0 atom stereocenters. The highest BCUT2D eigenvalue weighted by atomic mass is 19.1. The van der Waals surface area contributed by atoms with Crippen LogP contribution in [0.25, 0.3) is 0 Å². The van der Waals surface area contributed by atoms with Crippen molar-refractivity contribution in [2.75, 3.05) is 145 Å². The zero-order chi connectivity index (χ0) is 28.3. The number of rotatable bonds is 34. The molecule has 0 amide bonds. The van der Waals surface area contributed by atoms with Crippen LogP contribution in [0.5, 0.6) is 0 Å². The van der Waals surface area contributed by atoms with Gasteiger partial charge in [-0.05, 0) is 6.42 Å². The van der Waals surface area contributed by atoms with Crippen molar-refractivity contribution in [3.8, 4) is 0 Å². The molecule has 12 nitrogen and oxygen atoms in total. The molecule has 0 aliphatic heterocycles. The maximum Gasteiger partial charge on any atom is 0.305 e. The van der Waals surface area contributed by atoms with Gasteiger partial charge in [0.05, 0.1) is 132 Å². The fourth-order valence-electron chi connectivity index (χ4n) is 2.63. The van der Waals surface area contributed by atoms with Crippen LogP contribution in [0.2, 0.25) is 0 Å². The predicted molar refractivity (Wildman–Crippen MR) is 140 cm³/mol. The van der Waals surface area contributed by atoms with Gasteiger partial charge in [0.25, 0.3) is 0 Å². The molecule has 0 aliphatic rings. The van der Waals surface area contributed by atoms with E-state index in [-0.39, 0.29) is 19.2 Å². The topological polar surface area (TPSA) is 119 Å². The third-order valence-corrected chi connectivity index (χ3v) is 4.51. The van der Waals surface area contributed by atoms with E-state index in [2.05, 4.69) is 0 Å². The monoisotopic (exact) mass is 574 g/mol. The van der Waals surface area contributed by atoms with Crippen molar-refractivity contribution in [1.29, 1.82) is 0 Å². The van der Waals surface area contributed by atoms with E-state index in [1.807, 2.05) is 6.92 Å². The molecule has 0 heterocycles. The van der Waals surface area contributed by atoms with E-state index in [0.717, 1.165) is 6.42 Å². The number of carbonyl (C=O) groups is 1. The second kappa shape index (κ2) is 35.0. The minimum Gasteiger partial charge on any atom is -0.463 e. The second-order valence-corrected chi connectivity index (χ2v) is 7.78. The van der Waals surface area contributed by atoms with Crippen LogP contribution < -0.4 is 0 Å². The molecule has 234 valence electrons.